The van der Waals surface area contributed by atoms with Crippen LogP contribution in [0.1, 0.15) is 5.56 Å². The van der Waals surface area contributed by atoms with Gasteiger partial charge in [0.2, 0.25) is 0 Å². The molecule has 0 nitrogen and oxygen atoms in total. The Hall–Kier alpha value is -1.27. The van der Waals surface area contributed by atoms with Crippen LogP contribution in [-0.2, 0) is 0 Å². The third-order valence-corrected chi connectivity index (χ3v) is 2.38. The molecule has 0 atom stereocenters. The molecule has 0 aliphatic heterocycles. The molecule has 0 aromatic heterocycles. The van der Waals surface area contributed by atoms with E-state index in [9.17, 15) is 0 Å². The summed E-state index contributed by atoms with van der Waals surface area (Å²) in [5.74, 6) is 0. The van der Waals surface area contributed by atoms with Crippen molar-refractivity contribution in [2.75, 3.05) is 0 Å². The van der Waals surface area contributed by atoms with E-state index in [1.165, 1.54) is 11.1 Å². The summed E-state index contributed by atoms with van der Waals surface area (Å²) in [6.45, 7) is 3.85. The molecule has 0 bridgehead atoms. The third-order valence-electron chi connectivity index (χ3n) is 2.13. The number of halogens is 1. The second kappa shape index (κ2) is 3.85. The van der Waals surface area contributed by atoms with Crippen molar-refractivity contribution in [2.45, 2.75) is 0 Å². The highest BCUT2D eigenvalue weighted by Crippen LogP contribution is 2.21. The van der Waals surface area contributed by atoms with Gasteiger partial charge in [0.1, 0.15) is 0 Å². The van der Waals surface area contributed by atoms with Crippen molar-refractivity contribution in [1.82, 2.24) is 0 Å². The van der Waals surface area contributed by atoms with Gasteiger partial charge in [-0.05, 0) is 35.7 Å². The first-order chi connectivity index (χ1) is 6.75. The molecule has 0 aliphatic rings. The van der Waals surface area contributed by atoms with Gasteiger partial charge in [-0.25, -0.2) is 0 Å². The van der Waals surface area contributed by atoms with Gasteiger partial charge in [0.05, 0.1) is 0 Å². The van der Waals surface area contributed by atoms with Crippen LogP contribution in [0.25, 0.3) is 11.1 Å². The van der Waals surface area contributed by atoms with Crippen molar-refractivity contribution in [3.63, 3.8) is 0 Å². The molecule has 0 saturated heterocycles. The second-order valence-corrected chi connectivity index (χ2v) is 3.64. The summed E-state index contributed by atoms with van der Waals surface area (Å²) in [6.07, 6.45) is 0. The average molecular weight is 202 g/mol. The predicted molar refractivity (Wildman–Crippen MR) is 61.3 cm³/mol. The quantitative estimate of drug-likeness (QED) is 0.649. The topological polar surface area (TPSA) is 0 Å². The van der Waals surface area contributed by atoms with Crippen molar-refractivity contribution in [2.24, 2.45) is 0 Å². The van der Waals surface area contributed by atoms with Gasteiger partial charge in [0.25, 0.3) is 0 Å². The van der Waals surface area contributed by atoms with Crippen LogP contribution >= 0.6 is 11.6 Å². The minimum atomic E-state index is 0.766. The molecule has 0 spiro atoms. The van der Waals surface area contributed by atoms with Crippen molar-refractivity contribution in [1.29, 1.82) is 0 Å². The Bertz CT molecular complexity index is 368. The molecule has 14 heavy (non-hydrogen) atoms. The molecule has 0 heterocycles. The van der Waals surface area contributed by atoms with E-state index >= 15 is 0 Å². The first-order valence-electron chi connectivity index (χ1n) is 4.44. The zero-order chi connectivity index (χ0) is 9.97. The van der Waals surface area contributed by atoms with Crippen LogP contribution in [0.2, 0.25) is 5.02 Å². The molecule has 0 fully saturated rings. The summed E-state index contributed by atoms with van der Waals surface area (Å²) in [6, 6.07) is 16.0. The monoisotopic (exact) mass is 201 g/mol. The first kappa shape index (κ1) is 9.29. The highest BCUT2D eigenvalue weighted by Gasteiger charge is 1.96. The van der Waals surface area contributed by atoms with Crippen LogP contribution in [0.15, 0.2) is 48.5 Å². The lowest BCUT2D eigenvalue weighted by molar-refractivity contribution is 1.58. The Morgan fingerprint density at radius 2 is 1.14 bits per heavy atom. The van der Waals surface area contributed by atoms with Crippen molar-refractivity contribution < 1.29 is 0 Å². The maximum Gasteiger partial charge on any atom is 0.0406 e. The SMILES string of the molecule is [CH2]c1ccc(-c2ccc(Cl)cc2)cc1. The highest BCUT2D eigenvalue weighted by molar-refractivity contribution is 6.30. The van der Waals surface area contributed by atoms with E-state index in [2.05, 4.69) is 19.1 Å². The molecule has 1 radical (unpaired) electrons. The van der Waals surface area contributed by atoms with Gasteiger partial charge >= 0.3 is 0 Å². The van der Waals surface area contributed by atoms with Crippen LogP contribution in [0, 0.1) is 6.92 Å². The van der Waals surface area contributed by atoms with Gasteiger partial charge in [-0.2, -0.15) is 0 Å². The highest BCUT2D eigenvalue weighted by atomic mass is 35.5. The van der Waals surface area contributed by atoms with Gasteiger partial charge in [0, 0.05) is 5.02 Å². The smallest absolute Gasteiger partial charge is 0.0406 e. The predicted octanol–water partition coefficient (Wildman–Crippen LogP) is 4.19. The number of rotatable bonds is 1. The summed E-state index contributed by atoms with van der Waals surface area (Å²) in [4.78, 5) is 0. The van der Waals surface area contributed by atoms with E-state index in [0.29, 0.717) is 0 Å². The van der Waals surface area contributed by atoms with Crippen molar-refractivity contribution in [3.05, 3.63) is 66.0 Å². The molecule has 0 aliphatic carbocycles. The normalized spacial score (nSPS) is 10.1. The molecule has 0 unspecified atom stereocenters. The number of benzene rings is 2. The third kappa shape index (κ3) is 1.97. The molecule has 1 heteroatoms. The van der Waals surface area contributed by atoms with E-state index in [0.717, 1.165) is 10.6 Å². The van der Waals surface area contributed by atoms with Crippen LogP contribution in [0.3, 0.4) is 0 Å². The lowest BCUT2D eigenvalue weighted by Gasteiger charge is -2.01. The lowest BCUT2D eigenvalue weighted by atomic mass is 10.0. The van der Waals surface area contributed by atoms with E-state index in [4.69, 9.17) is 11.6 Å². The Morgan fingerprint density at radius 3 is 1.64 bits per heavy atom. The van der Waals surface area contributed by atoms with E-state index < -0.39 is 0 Å². The summed E-state index contributed by atoms with van der Waals surface area (Å²) in [7, 11) is 0. The zero-order valence-corrected chi connectivity index (χ0v) is 8.46. The maximum atomic E-state index is 5.81. The van der Waals surface area contributed by atoms with E-state index in [-0.39, 0.29) is 0 Å². The van der Waals surface area contributed by atoms with Crippen molar-refractivity contribution >= 4 is 11.6 Å². The lowest BCUT2D eigenvalue weighted by Crippen LogP contribution is -1.77. The molecule has 0 N–H and O–H groups in total. The van der Waals surface area contributed by atoms with Crippen molar-refractivity contribution in [3.8, 4) is 11.1 Å². The summed E-state index contributed by atoms with van der Waals surface area (Å²) < 4.78 is 0. The Kier molecular flexibility index (Phi) is 2.55. The van der Waals surface area contributed by atoms with E-state index in [1.807, 2.05) is 36.4 Å². The van der Waals surface area contributed by atoms with Gasteiger partial charge < -0.3 is 0 Å². The first-order valence-corrected chi connectivity index (χ1v) is 4.81. The fourth-order valence-electron chi connectivity index (χ4n) is 1.34. The summed E-state index contributed by atoms with van der Waals surface area (Å²) in [5, 5.41) is 0.766. The Labute approximate surface area is 89.2 Å². The van der Waals surface area contributed by atoms with Crippen LogP contribution in [-0.4, -0.2) is 0 Å². The average Bonchev–Trinajstić information content (AvgIpc) is 2.21. The maximum absolute atomic E-state index is 5.81. The standard InChI is InChI=1S/C13H10Cl/c1-10-2-4-11(5-3-10)12-6-8-13(14)9-7-12/h2-9H,1H2. The minimum Gasteiger partial charge on any atom is -0.0843 e. The molecule has 2 rings (SSSR count). The molecule has 2 aromatic carbocycles. The van der Waals surface area contributed by atoms with Gasteiger partial charge in [-0.1, -0.05) is 48.0 Å². The summed E-state index contributed by atoms with van der Waals surface area (Å²) in [5.41, 5.74) is 3.39. The molecule has 0 saturated carbocycles. The van der Waals surface area contributed by atoms with E-state index in [1.54, 1.807) is 0 Å². The fourth-order valence-corrected chi connectivity index (χ4v) is 1.47. The van der Waals surface area contributed by atoms with Gasteiger partial charge in [-0.3, -0.25) is 0 Å². The van der Waals surface area contributed by atoms with Gasteiger partial charge in [-0.15, -0.1) is 0 Å². The zero-order valence-electron chi connectivity index (χ0n) is 7.70. The largest absolute Gasteiger partial charge is 0.0843 e. The van der Waals surface area contributed by atoms with Crippen LogP contribution in [0.5, 0.6) is 0 Å². The molecular formula is C13H10Cl. The minimum absolute atomic E-state index is 0.766. The molecular weight excluding hydrogens is 192 g/mol. The Morgan fingerprint density at radius 1 is 0.714 bits per heavy atom. The van der Waals surface area contributed by atoms with Crippen LogP contribution in [0.4, 0.5) is 0 Å². The second-order valence-electron chi connectivity index (χ2n) is 3.20. The summed E-state index contributed by atoms with van der Waals surface area (Å²) >= 11 is 5.81. The molecule has 69 valence electrons. The fraction of sp³-hybridized carbons (Fsp3) is 0. The van der Waals surface area contributed by atoms with Gasteiger partial charge in [0.15, 0.2) is 0 Å². The molecule has 0 amide bonds. The van der Waals surface area contributed by atoms with Crippen LogP contribution < -0.4 is 0 Å². The Balaban J connectivity index is 2.40. The number of hydrogen-bond acceptors (Lipinski definition) is 0. The molecule has 2 aromatic rings. The number of hydrogen-bond donors (Lipinski definition) is 0.